The SMILES string of the molecule is Cc1ccc(S(=O)(=O)N2CSCC2C(=O)NC(C)(C)C)cc1[N+](=O)[O-]. The fraction of sp³-hybridized carbons (Fsp3) is 0.533. The van der Waals surface area contributed by atoms with Gasteiger partial charge in [-0.15, -0.1) is 11.8 Å². The fourth-order valence-corrected chi connectivity index (χ4v) is 5.58. The molecule has 1 aromatic carbocycles. The van der Waals surface area contributed by atoms with Crippen molar-refractivity contribution in [3.63, 3.8) is 0 Å². The average molecular weight is 387 g/mol. The highest BCUT2D eigenvalue weighted by atomic mass is 32.2. The summed E-state index contributed by atoms with van der Waals surface area (Å²) >= 11 is 1.33. The van der Waals surface area contributed by atoms with Gasteiger partial charge in [0.1, 0.15) is 6.04 Å². The molecule has 1 fully saturated rings. The number of nitro benzene ring substituents is 1. The molecular weight excluding hydrogens is 366 g/mol. The van der Waals surface area contributed by atoms with Gasteiger partial charge in [-0.25, -0.2) is 8.42 Å². The van der Waals surface area contributed by atoms with Crippen LogP contribution in [0.25, 0.3) is 0 Å². The summed E-state index contributed by atoms with van der Waals surface area (Å²) in [6.07, 6.45) is 0. The highest BCUT2D eigenvalue weighted by Gasteiger charge is 2.41. The lowest BCUT2D eigenvalue weighted by molar-refractivity contribution is -0.385. The highest BCUT2D eigenvalue weighted by molar-refractivity contribution is 8.00. The number of sulfonamides is 1. The minimum absolute atomic E-state index is 0.131. The van der Waals surface area contributed by atoms with Crippen LogP contribution in [-0.2, 0) is 14.8 Å². The summed E-state index contributed by atoms with van der Waals surface area (Å²) in [7, 11) is -4.01. The van der Waals surface area contributed by atoms with Gasteiger partial charge in [0.2, 0.25) is 15.9 Å². The highest BCUT2D eigenvalue weighted by Crippen LogP contribution is 2.31. The molecule has 25 heavy (non-hydrogen) atoms. The second-order valence-electron chi connectivity index (χ2n) is 6.85. The van der Waals surface area contributed by atoms with Crippen LogP contribution in [0.5, 0.6) is 0 Å². The van der Waals surface area contributed by atoms with E-state index in [9.17, 15) is 23.3 Å². The van der Waals surface area contributed by atoms with Crippen LogP contribution in [0, 0.1) is 17.0 Å². The van der Waals surface area contributed by atoms with Crippen molar-refractivity contribution in [1.29, 1.82) is 0 Å². The minimum atomic E-state index is -4.01. The maximum Gasteiger partial charge on any atom is 0.273 e. The summed E-state index contributed by atoms with van der Waals surface area (Å²) in [6, 6.07) is 2.94. The molecule has 1 N–H and O–H groups in total. The van der Waals surface area contributed by atoms with E-state index in [-0.39, 0.29) is 22.4 Å². The molecule has 0 aliphatic carbocycles. The monoisotopic (exact) mass is 387 g/mol. The topological polar surface area (TPSA) is 110 Å². The van der Waals surface area contributed by atoms with Gasteiger partial charge in [-0.3, -0.25) is 14.9 Å². The number of nitrogens with zero attached hydrogens (tertiary/aromatic N) is 2. The molecule has 1 amide bonds. The second-order valence-corrected chi connectivity index (χ2v) is 9.74. The van der Waals surface area contributed by atoms with Gasteiger partial charge in [-0.2, -0.15) is 4.31 Å². The number of carbonyl (C=O) groups is 1. The third kappa shape index (κ3) is 4.31. The molecule has 1 atom stereocenters. The first-order valence-corrected chi connectivity index (χ1v) is 10.2. The lowest BCUT2D eigenvalue weighted by Crippen LogP contribution is -2.52. The summed E-state index contributed by atoms with van der Waals surface area (Å²) in [4.78, 5) is 22.7. The van der Waals surface area contributed by atoms with Crippen molar-refractivity contribution < 1.29 is 18.1 Å². The molecule has 1 aliphatic heterocycles. The third-order valence-electron chi connectivity index (χ3n) is 3.63. The molecule has 0 bridgehead atoms. The van der Waals surface area contributed by atoms with Gasteiger partial charge in [-0.05, 0) is 33.8 Å². The molecule has 0 radical (unpaired) electrons. The van der Waals surface area contributed by atoms with E-state index in [0.717, 1.165) is 10.4 Å². The number of hydrogen-bond donors (Lipinski definition) is 1. The lowest BCUT2D eigenvalue weighted by Gasteiger charge is -2.27. The number of nitrogens with one attached hydrogen (secondary N) is 1. The van der Waals surface area contributed by atoms with E-state index in [2.05, 4.69) is 5.32 Å². The van der Waals surface area contributed by atoms with E-state index in [1.165, 1.54) is 23.9 Å². The van der Waals surface area contributed by atoms with Crippen molar-refractivity contribution in [1.82, 2.24) is 9.62 Å². The predicted molar refractivity (Wildman–Crippen MR) is 95.9 cm³/mol. The van der Waals surface area contributed by atoms with Crippen molar-refractivity contribution in [3.8, 4) is 0 Å². The molecule has 8 nitrogen and oxygen atoms in total. The van der Waals surface area contributed by atoms with Gasteiger partial charge in [0.05, 0.1) is 15.7 Å². The number of amides is 1. The number of thioether (sulfide) groups is 1. The van der Waals surface area contributed by atoms with Crippen molar-refractivity contribution in [2.75, 3.05) is 11.6 Å². The number of benzene rings is 1. The normalized spacial score (nSPS) is 19.0. The van der Waals surface area contributed by atoms with Crippen LogP contribution in [0.1, 0.15) is 26.3 Å². The fourth-order valence-electron chi connectivity index (χ4n) is 2.41. The van der Waals surface area contributed by atoms with Crippen molar-refractivity contribution in [2.45, 2.75) is 44.2 Å². The van der Waals surface area contributed by atoms with Crippen LogP contribution in [0.3, 0.4) is 0 Å². The Morgan fingerprint density at radius 1 is 1.40 bits per heavy atom. The minimum Gasteiger partial charge on any atom is -0.350 e. The Bertz CT molecular complexity index is 802. The molecule has 0 spiro atoms. The summed E-state index contributed by atoms with van der Waals surface area (Å²) in [5, 5.41) is 13.9. The summed E-state index contributed by atoms with van der Waals surface area (Å²) in [6.45, 7) is 6.99. The Labute approximate surface area is 151 Å². The zero-order chi connectivity index (χ0) is 19.0. The second kappa shape index (κ2) is 6.93. The number of carbonyl (C=O) groups excluding carboxylic acids is 1. The standard InChI is InChI=1S/C15H21N3O5S2/c1-10-5-6-11(7-12(10)18(20)21)25(22,23)17-9-24-8-13(17)14(19)16-15(2,3)4/h5-7,13H,8-9H2,1-4H3,(H,16,19). The average Bonchev–Trinajstić information content (AvgIpc) is 2.95. The first-order chi connectivity index (χ1) is 11.4. The molecule has 1 heterocycles. The van der Waals surface area contributed by atoms with Crippen LogP contribution in [0.2, 0.25) is 0 Å². The number of rotatable bonds is 4. The van der Waals surface area contributed by atoms with E-state index in [1.807, 2.05) is 20.8 Å². The van der Waals surface area contributed by atoms with E-state index in [1.54, 1.807) is 6.92 Å². The molecule has 1 saturated heterocycles. The van der Waals surface area contributed by atoms with Gasteiger partial charge < -0.3 is 5.32 Å². The first-order valence-electron chi connectivity index (χ1n) is 7.60. The maximum atomic E-state index is 12.9. The Morgan fingerprint density at radius 2 is 2.04 bits per heavy atom. The summed E-state index contributed by atoms with van der Waals surface area (Å²) < 4.78 is 26.9. The quantitative estimate of drug-likeness (QED) is 0.624. The molecule has 1 aliphatic rings. The third-order valence-corrected chi connectivity index (χ3v) is 6.65. The van der Waals surface area contributed by atoms with Crippen LogP contribution in [-0.4, -0.2) is 46.8 Å². The van der Waals surface area contributed by atoms with Gasteiger partial charge in [0, 0.05) is 22.9 Å². The lowest BCUT2D eigenvalue weighted by atomic mass is 10.1. The van der Waals surface area contributed by atoms with E-state index < -0.39 is 26.5 Å². The molecule has 1 aromatic rings. The van der Waals surface area contributed by atoms with Crippen LogP contribution in [0.4, 0.5) is 5.69 Å². The predicted octanol–water partition coefficient (Wildman–Crippen LogP) is 1.88. The molecule has 0 saturated carbocycles. The number of nitro groups is 1. The van der Waals surface area contributed by atoms with Crippen LogP contribution < -0.4 is 5.32 Å². The maximum absolute atomic E-state index is 12.9. The number of aryl methyl sites for hydroxylation is 1. The van der Waals surface area contributed by atoms with Crippen LogP contribution in [0.15, 0.2) is 23.1 Å². The summed E-state index contributed by atoms with van der Waals surface area (Å²) in [5.74, 6) is 0.101. The molecule has 10 heteroatoms. The van der Waals surface area contributed by atoms with Crippen molar-refractivity contribution >= 4 is 33.4 Å². The Balaban J connectivity index is 2.37. The Kier molecular flexibility index (Phi) is 5.45. The molecule has 138 valence electrons. The Morgan fingerprint density at radius 3 is 2.60 bits per heavy atom. The van der Waals surface area contributed by atoms with Crippen molar-refractivity contribution in [2.24, 2.45) is 0 Å². The van der Waals surface area contributed by atoms with E-state index in [4.69, 9.17) is 0 Å². The van der Waals surface area contributed by atoms with Gasteiger partial charge >= 0.3 is 0 Å². The zero-order valence-electron chi connectivity index (χ0n) is 14.5. The smallest absolute Gasteiger partial charge is 0.273 e. The van der Waals surface area contributed by atoms with Gasteiger partial charge in [0.15, 0.2) is 0 Å². The Hall–Kier alpha value is -1.65. The molecular formula is C15H21N3O5S2. The zero-order valence-corrected chi connectivity index (χ0v) is 16.1. The van der Waals surface area contributed by atoms with Crippen molar-refractivity contribution in [3.05, 3.63) is 33.9 Å². The molecule has 2 rings (SSSR count). The molecule has 0 aromatic heterocycles. The van der Waals surface area contributed by atoms with Gasteiger partial charge in [0.25, 0.3) is 5.69 Å². The van der Waals surface area contributed by atoms with Gasteiger partial charge in [-0.1, -0.05) is 6.07 Å². The molecule has 1 unspecified atom stereocenters. The van der Waals surface area contributed by atoms with E-state index in [0.29, 0.717) is 11.3 Å². The largest absolute Gasteiger partial charge is 0.350 e. The summed E-state index contributed by atoms with van der Waals surface area (Å²) in [5.41, 5.74) is -0.368. The van der Waals surface area contributed by atoms with E-state index >= 15 is 0 Å². The number of hydrogen-bond acceptors (Lipinski definition) is 6. The first kappa shape index (κ1) is 19.7. The van der Waals surface area contributed by atoms with Crippen LogP contribution >= 0.6 is 11.8 Å².